The second-order valence-corrected chi connectivity index (χ2v) is 5.09. The average molecular weight is 266 g/mol. The van der Waals surface area contributed by atoms with Crippen LogP contribution in [0.1, 0.15) is 43.3 Å². The fraction of sp³-hybridized carbons (Fsp3) is 0.615. The van der Waals surface area contributed by atoms with Crippen LogP contribution in [0.25, 0.3) is 0 Å². The van der Waals surface area contributed by atoms with Gasteiger partial charge in [0.15, 0.2) is 0 Å². The van der Waals surface area contributed by atoms with E-state index < -0.39 is 11.6 Å². The Bertz CT molecular complexity index is 544. The molecule has 104 valence electrons. The van der Waals surface area contributed by atoms with E-state index in [1.807, 2.05) is 6.92 Å². The quantitative estimate of drug-likeness (QED) is 0.855. The van der Waals surface area contributed by atoms with Crippen LogP contribution in [0.5, 0.6) is 0 Å². The number of aryl methyl sites for hydroxylation is 1. The molecule has 0 amide bonds. The van der Waals surface area contributed by atoms with E-state index >= 15 is 0 Å². The first kappa shape index (κ1) is 13.7. The Labute approximate surface area is 110 Å². The van der Waals surface area contributed by atoms with Crippen molar-refractivity contribution < 1.29 is 14.6 Å². The van der Waals surface area contributed by atoms with Crippen LogP contribution in [-0.2, 0) is 21.6 Å². The Hall–Kier alpha value is -1.69. The summed E-state index contributed by atoms with van der Waals surface area (Å²) in [6.07, 6.45) is 2.52. The topological polar surface area (TPSA) is 92.3 Å². The average Bonchev–Trinajstić information content (AvgIpc) is 2.34. The number of aromatic amines is 1. The van der Waals surface area contributed by atoms with Crippen LogP contribution in [0, 0.1) is 6.92 Å². The molecule has 0 radical (unpaired) electrons. The van der Waals surface area contributed by atoms with E-state index in [9.17, 15) is 9.59 Å². The molecule has 1 saturated heterocycles. The molecule has 1 atom stereocenters. The minimum absolute atomic E-state index is 0.204. The molecule has 2 N–H and O–H groups in total. The second kappa shape index (κ2) is 5.13. The van der Waals surface area contributed by atoms with E-state index in [4.69, 9.17) is 9.84 Å². The van der Waals surface area contributed by atoms with Gasteiger partial charge in [0.25, 0.3) is 5.56 Å². The number of nitrogens with zero attached hydrogens (tertiary/aromatic N) is 1. The van der Waals surface area contributed by atoms with Crippen molar-refractivity contribution in [3.05, 3.63) is 27.4 Å². The molecule has 2 rings (SSSR count). The summed E-state index contributed by atoms with van der Waals surface area (Å²) >= 11 is 0. The number of hydrogen-bond donors (Lipinski definition) is 2. The van der Waals surface area contributed by atoms with E-state index in [-0.39, 0.29) is 17.5 Å². The predicted octanol–water partition coefficient (Wildman–Crippen LogP) is 1.12. The minimum atomic E-state index is -1.04. The number of aliphatic carboxylic acids is 1. The Morgan fingerprint density at radius 2 is 2.26 bits per heavy atom. The highest BCUT2D eigenvalue weighted by atomic mass is 16.5. The van der Waals surface area contributed by atoms with Gasteiger partial charge in [0.05, 0.1) is 6.42 Å². The Morgan fingerprint density at radius 3 is 2.79 bits per heavy atom. The molecule has 0 aromatic carbocycles. The van der Waals surface area contributed by atoms with Crippen LogP contribution >= 0.6 is 0 Å². The standard InChI is InChI=1S/C13H18N2O4/c1-8-9(7-10(16)17)11(18)15-12(14-8)13(2)5-3-4-6-19-13/h3-7H2,1-2H3,(H,16,17)(H,14,15,18). The van der Waals surface area contributed by atoms with Crippen LogP contribution in [0.2, 0.25) is 0 Å². The number of ether oxygens (including phenoxy) is 1. The fourth-order valence-electron chi connectivity index (χ4n) is 2.34. The van der Waals surface area contributed by atoms with Gasteiger partial charge < -0.3 is 14.8 Å². The van der Waals surface area contributed by atoms with E-state index in [2.05, 4.69) is 9.97 Å². The normalized spacial score (nSPS) is 23.3. The van der Waals surface area contributed by atoms with Gasteiger partial charge in [0, 0.05) is 17.9 Å². The van der Waals surface area contributed by atoms with Gasteiger partial charge in [-0.2, -0.15) is 0 Å². The van der Waals surface area contributed by atoms with Crippen molar-refractivity contribution in [3.63, 3.8) is 0 Å². The van der Waals surface area contributed by atoms with E-state index in [0.717, 1.165) is 19.3 Å². The molecule has 6 heteroatoms. The highest BCUT2D eigenvalue weighted by Crippen LogP contribution is 2.32. The van der Waals surface area contributed by atoms with E-state index in [1.54, 1.807) is 6.92 Å². The summed E-state index contributed by atoms with van der Waals surface area (Å²) < 4.78 is 5.73. The third-order valence-electron chi connectivity index (χ3n) is 3.52. The van der Waals surface area contributed by atoms with Gasteiger partial charge in [0.2, 0.25) is 0 Å². The number of rotatable bonds is 3. The third kappa shape index (κ3) is 2.84. The number of carboxylic acid groups (broad SMARTS) is 1. The number of carboxylic acids is 1. The van der Waals surface area contributed by atoms with E-state index in [0.29, 0.717) is 18.1 Å². The van der Waals surface area contributed by atoms with Crippen LogP contribution in [0.3, 0.4) is 0 Å². The van der Waals surface area contributed by atoms with Crippen molar-refractivity contribution in [2.75, 3.05) is 6.61 Å². The second-order valence-electron chi connectivity index (χ2n) is 5.09. The monoisotopic (exact) mass is 266 g/mol. The summed E-state index contributed by atoms with van der Waals surface area (Å²) in [7, 11) is 0. The molecule has 1 aliphatic rings. The molecule has 1 aromatic heterocycles. The SMILES string of the molecule is Cc1nc(C2(C)CCCCO2)[nH]c(=O)c1CC(=O)O. The van der Waals surface area contributed by atoms with Gasteiger partial charge in [-0.05, 0) is 33.1 Å². The number of carbonyl (C=O) groups is 1. The summed E-state index contributed by atoms with van der Waals surface area (Å²) in [5.74, 6) is -0.549. The zero-order valence-corrected chi connectivity index (χ0v) is 11.2. The van der Waals surface area contributed by atoms with Crippen molar-refractivity contribution in [1.82, 2.24) is 9.97 Å². The van der Waals surface area contributed by atoms with Crippen LogP contribution < -0.4 is 5.56 Å². The van der Waals surface area contributed by atoms with Crippen LogP contribution in [0.4, 0.5) is 0 Å². The van der Waals surface area contributed by atoms with Crippen LogP contribution in [0.15, 0.2) is 4.79 Å². The molecule has 0 spiro atoms. The largest absolute Gasteiger partial charge is 0.481 e. The highest BCUT2D eigenvalue weighted by molar-refractivity contribution is 5.70. The lowest BCUT2D eigenvalue weighted by Crippen LogP contribution is -2.35. The summed E-state index contributed by atoms with van der Waals surface area (Å²) in [6.45, 7) is 4.21. The lowest BCUT2D eigenvalue weighted by Gasteiger charge is -2.32. The Balaban J connectivity index is 2.39. The Morgan fingerprint density at radius 1 is 1.53 bits per heavy atom. The van der Waals surface area contributed by atoms with Crippen molar-refractivity contribution in [2.45, 2.75) is 45.1 Å². The van der Waals surface area contributed by atoms with Crippen molar-refractivity contribution >= 4 is 5.97 Å². The zero-order valence-electron chi connectivity index (χ0n) is 11.2. The van der Waals surface area contributed by atoms with Crippen molar-refractivity contribution in [2.24, 2.45) is 0 Å². The van der Waals surface area contributed by atoms with Gasteiger partial charge >= 0.3 is 5.97 Å². The number of aromatic nitrogens is 2. The summed E-state index contributed by atoms with van der Waals surface area (Å²) in [5, 5.41) is 8.78. The van der Waals surface area contributed by atoms with E-state index in [1.165, 1.54) is 0 Å². The molecule has 0 aliphatic carbocycles. The minimum Gasteiger partial charge on any atom is -0.481 e. The Kier molecular flexibility index (Phi) is 3.71. The smallest absolute Gasteiger partial charge is 0.308 e. The molecule has 0 saturated carbocycles. The van der Waals surface area contributed by atoms with Crippen molar-refractivity contribution in [3.8, 4) is 0 Å². The molecule has 0 bridgehead atoms. The zero-order chi connectivity index (χ0) is 14.0. The first-order valence-electron chi connectivity index (χ1n) is 6.38. The fourth-order valence-corrected chi connectivity index (χ4v) is 2.34. The van der Waals surface area contributed by atoms with Crippen LogP contribution in [-0.4, -0.2) is 27.7 Å². The molecule has 2 heterocycles. The van der Waals surface area contributed by atoms with Gasteiger partial charge in [-0.1, -0.05) is 0 Å². The van der Waals surface area contributed by atoms with Gasteiger partial charge in [-0.3, -0.25) is 9.59 Å². The molecule has 6 nitrogen and oxygen atoms in total. The maximum absolute atomic E-state index is 12.0. The van der Waals surface area contributed by atoms with Gasteiger partial charge in [-0.25, -0.2) is 4.98 Å². The molecule has 1 aromatic rings. The summed E-state index contributed by atoms with van der Waals surface area (Å²) in [5.41, 5.74) is -0.309. The number of nitrogens with one attached hydrogen (secondary N) is 1. The summed E-state index contributed by atoms with van der Waals surface area (Å²) in [6, 6.07) is 0. The predicted molar refractivity (Wildman–Crippen MR) is 68.1 cm³/mol. The lowest BCUT2D eigenvalue weighted by molar-refractivity contribution is -0.136. The molecule has 19 heavy (non-hydrogen) atoms. The van der Waals surface area contributed by atoms with Gasteiger partial charge in [-0.15, -0.1) is 0 Å². The molecule has 1 unspecified atom stereocenters. The third-order valence-corrected chi connectivity index (χ3v) is 3.52. The maximum Gasteiger partial charge on any atom is 0.308 e. The number of hydrogen-bond acceptors (Lipinski definition) is 4. The first-order valence-corrected chi connectivity index (χ1v) is 6.38. The summed E-state index contributed by atoms with van der Waals surface area (Å²) in [4.78, 5) is 29.7. The molecule has 1 fully saturated rings. The van der Waals surface area contributed by atoms with Gasteiger partial charge in [0.1, 0.15) is 11.4 Å². The van der Waals surface area contributed by atoms with Crippen molar-refractivity contribution in [1.29, 1.82) is 0 Å². The molecule has 1 aliphatic heterocycles. The highest BCUT2D eigenvalue weighted by Gasteiger charge is 2.33. The molecular weight excluding hydrogens is 248 g/mol. The number of H-pyrrole nitrogens is 1. The first-order chi connectivity index (χ1) is 8.92. The lowest BCUT2D eigenvalue weighted by atomic mass is 9.94. The molecular formula is C13H18N2O4. The maximum atomic E-state index is 12.0.